The van der Waals surface area contributed by atoms with Crippen molar-refractivity contribution in [1.82, 2.24) is 35.5 Å². The third-order valence-electron chi connectivity index (χ3n) is 4.84. The molecule has 2 heterocycles. The smallest absolute Gasteiger partial charge is 0.278 e. The van der Waals surface area contributed by atoms with Crippen LogP contribution in [0.3, 0.4) is 0 Å². The fraction of sp³-hybridized carbons (Fsp3) is 0.368. The zero-order valence-corrected chi connectivity index (χ0v) is 15.9. The second-order valence-electron chi connectivity index (χ2n) is 6.74. The number of methoxy groups -OCH3 is 1. The molecule has 1 fully saturated rings. The molecule has 0 bridgehead atoms. The SMILES string of the molecule is COc1nccnc1OC1CCC(NC(=O)c2cccc(-n3cnnn3)c2)CC1. The van der Waals surface area contributed by atoms with Crippen LogP contribution in [0.1, 0.15) is 36.0 Å². The molecule has 3 aromatic rings. The minimum atomic E-state index is -0.111. The lowest BCUT2D eigenvalue weighted by atomic mass is 9.92. The number of tetrazole rings is 1. The molecule has 10 nitrogen and oxygen atoms in total. The quantitative estimate of drug-likeness (QED) is 0.669. The van der Waals surface area contributed by atoms with E-state index in [0.29, 0.717) is 17.3 Å². The summed E-state index contributed by atoms with van der Waals surface area (Å²) in [5, 5.41) is 14.2. The Balaban J connectivity index is 1.32. The Labute approximate surface area is 167 Å². The van der Waals surface area contributed by atoms with E-state index in [0.717, 1.165) is 31.4 Å². The fourth-order valence-electron chi connectivity index (χ4n) is 3.35. The number of carbonyl (C=O) groups excluding carboxylic acids is 1. The highest BCUT2D eigenvalue weighted by molar-refractivity contribution is 5.94. The maximum absolute atomic E-state index is 12.7. The maximum atomic E-state index is 12.7. The molecule has 1 N–H and O–H groups in total. The molecule has 150 valence electrons. The Morgan fingerprint density at radius 2 is 1.93 bits per heavy atom. The summed E-state index contributed by atoms with van der Waals surface area (Å²) in [6, 6.07) is 7.29. The molecule has 4 rings (SSSR count). The van der Waals surface area contributed by atoms with E-state index >= 15 is 0 Å². The highest BCUT2D eigenvalue weighted by Gasteiger charge is 2.25. The van der Waals surface area contributed by atoms with Gasteiger partial charge in [0.15, 0.2) is 0 Å². The number of ether oxygens (including phenoxy) is 2. The summed E-state index contributed by atoms with van der Waals surface area (Å²) in [7, 11) is 1.54. The summed E-state index contributed by atoms with van der Waals surface area (Å²) in [6.45, 7) is 0. The predicted octanol–water partition coefficient (Wildman–Crippen LogP) is 1.58. The molecule has 29 heavy (non-hydrogen) atoms. The summed E-state index contributed by atoms with van der Waals surface area (Å²) in [5.74, 6) is 0.673. The molecule has 0 unspecified atom stereocenters. The van der Waals surface area contributed by atoms with Crippen molar-refractivity contribution in [3.63, 3.8) is 0 Å². The second-order valence-corrected chi connectivity index (χ2v) is 6.74. The van der Waals surface area contributed by atoms with Crippen LogP contribution in [0.4, 0.5) is 0 Å². The van der Waals surface area contributed by atoms with Crippen LogP contribution in [0.15, 0.2) is 43.0 Å². The first-order valence-electron chi connectivity index (χ1n) is 9.39. The number of nitrogens with zero attached hydrogens (tertiary/aromatic N) is 6. The van der Waals surface area contributed by atoms with Crippen molar-refractivity contribution >= 4 is 5.91 Å². The molecule has 10 heteroatoms. The van der Waals surface area contributed by atoms with E-state index < -0.39 is 0 Å². The van der Waals surface area contributed by atoms with Gasteiger partial charge in [-0.25, -0.2) is 14.6 Å². The summed E-state index contributed by atoms with van der Waals surface area (Å²) < 4.78 is 12.6. The first-order valence-corrected chi connectivity index (χ1v) is 9.39. The van der Waals surface area contributed by atoms with Gasteiger partial charge in [-0.3, -0.25) is 4.79 Å². The lowest BCUT2D eigenvalue weighted by molar-refractivity contribution is 0.0886. The number of rotatable bonds is 6. The van der Waals surface area contributed by atoms with Gasteiger partial charge in [0.1, 0.15) is 12.4 Å². The first-order chi connectivity index (χ1) is 14.2. The van der Waals surface area contributed by atoms with Gasteiger partial charge in [-0.2, -0.15) is 0 Å². The van der Waals surface area contributed by atoms with Gasteiger partial charge in [-0.1, -0.05) is 6.07 Å². The Bertz CT molecular complexity index is 956. The van der Waals surface area contributed by atoms with E-state index in [1.54, 1.807) is 24.5 Å². The van der Waals surface area contributed by atoms with Crippen LogP contribution in [-0.2, 0) is 0 Å². The van der Waals surface area contributed by atoms with Gasteiger partial charge < -0.3 is 14.8 Å². The van der Waals surface area contributed by atoms with Gasteiger partial charge in [0.05, 0.1) is 12.8 Å². The zero-order chi connectivity index (χ0) is 20.1. The van der Waals surface area contributed by atoms with Crippen molar-refractivity contribution in [2.75, 3.05) is 7.11 Å². The molecule has 0 spiro atoms. The Kier molecular flexibility index (Phi) is 5.59. The molecule has 1 aliphatic carbocycles. The summed E-state index contributed by atoms with van der Waals surface area (Å²) in [5.41, 5.74) is 1.30. The normalized spacial score (nSPS) is 18.8. The number of hydrogen-bond acceptors (Lipinski definition) is 8. The van der Waals surface area contributed by atoms with Crippen molar-refractivity contribution in [2.24, 2.45) is 0 Å². The molecule has 0 radical (unpaired) electrons. The van der Waals surface area contributed by atoms with E-state index in [1.165, 1.54) is 18.1 Å². The molecule has 2 aromatic heterocycles. The lowest BCUT2D eigenvalue weighted by Crippen LogP contribution is -2.39. The summed E-state index contributed by atoms with van der Waals surface area (Å²) in [4.78, 5) is 20.9. The molecule has 0 atom stereocenters. The first kappa shape index (κ1) is 18.8. The van der Waals surface area contributed by atoms with Crippen molar-refractivity contribution in [1.29, 1.82) is 0 Å². The maximum Gasteiger partial charge on any atom is 0.278 e. The number of hydrogen-bond donors (Lipinski definition) is 1. The molecule has 1 amide bonds. The third kappa shape index (κ3) is 4.48. The Morgan fingerprint density at radius 3 is 2.66 bits per heavy atom. The van der Waals surface area contributed by atoms with Crippen LogP contribution in [0, 0.1) is 0 Å². The molecule has 1 aromatic carbocycles. The molecule has 0 saturated heterocycles. The van der Waals surface area contributed by atoms with Gasteiger partial charge >= 0.3 is 0 Å². The van der Waals surface area contributed by atoms with E-state index in [-0.39, 0.29) is 18.1 Å². The van der Waals surface area contributed by atoms with Crippen molar-refractivity contribution in [3.05, 3.63) is 48.5 Å². The van der Waals surface area contributed by atoms with Crippen LogP contribution in [0.5, 0.6) is 11.8 Å². The fourth-order valence-corrected chi connectivity index (χ4v) is 3.35. The van der Waals surface area contributed by atoms with Crippen LogP contribution in [-0.4, -0.2) is 55.3 Å². The van der Waals surface area contributed by atoms with Crippen molar-refractivity contribution in [2.45, 2.75) is 37.8 Å². The van der Waals surface area contributed by atoms with Gasteiger partial charge in [0, 0.05) is 24.0 Å². The number of aromatic nitrogens is 6. The average molecular weight is 395 g/mol. The van der Waals surface area contributed by atoms with Gasteiger partial charge in [-0.05, 0) is 54.3 Å². The van der Waals surface area contributed by atoms with E-state index in [1.807, 2.05) is 12.1 Å². The van der Waals surface area contributed by atoms with Gasteiger partial charge in [0.2, 0.25) is 0 Å². The Morgan fingerprint density at radius 1 is 1.14 bits per heavy atom. The van der Waals surface area contributed by atoms with Gasteiger partial charge in [0.25, 0.3) is 17.7 Å². The highest BCUT2D eigenvalue weighted by atomic mass is 16.5. The minimum Gasteiger partial charge on any atom is -0.477 e. The van der Waals surface area contributed by atoms with E-state index in [9.17, 15) is 4.79 Å². The summed E-state index contributed by atoms with van der Waals surface area (Å²) >= 11 is 0. The number of carbonyl (C=O) groups is 1. The average Bonchev–Trinajstić information content (AvgIpc) is 3.31. The topological polar surface area (TPSA) is 117 Å². The number of nitrogens with one attached hydrogen (secondary N) is 1. The molecule has 1 aliphatic rings. The third-order valence-corrected chi connectivity index (χ3v) is 4.84. The van der Waals surface area contributed by atoms with E-state index in [2.05, 4.69) is 30.8 Å². The summed E-state index contributed by atoms with van der Waals surface area (Å²) in [6.07, 6.45) is 7.93. The second kappa shape index (κ2) is 8.63. The standard InChI is InChI=1S/C19H21N7O3/c1-28-18-19(21-10-9-20-18)29-16-7-5-14(6-8-16)23-17(27)13-3-2-4-15(11-13)26-12-22-24-25-26/h2-4,9-12,14,16H,5-8H2,1H3,(H,23,27). The van der Waals surface area contributed by atoms with Crippen LogP contribution in [0.25, 0.3) is 5.69 Å². The van der Waals surface area contributed by atoms with Crippen LogP contribution < -0.4 is 14.8 Å². The number of benzene rings is 1. The molecular weight excluding hydrogens is 374 g/mol. The molecular formula is C19H21N7O3. The zero-order valence-electron chi connectivity index (χ0n) is 15.9. The Hall–Kier alpha value is -3.56. The van der Waals surface area contributed by atoms with E-state index in [4.69, 9.17) is 9.47 Å². The van der Waals surface area contributed by atoms with Crippen LogP contribution >= 0.6 is 0 Å². The largest absolute Gasteiger partial charge is 0.477 e. The molecule has 0 aliphatic heterocycles. The van der Waals surface area contributed by atoms with Crippen molar-refractivity contribution < 1.29 is 14.3 Å². The lowest BCUT2D eigenvalue weighted by Gasteiger charge is -2.29. The number of amides is 1. The highest BCUT2D eigenvalue weighted by Crippen LogP contribution is 2.27. The minimum absolute atomic E-state index is 0.0249. The molecule has 1 saturated carbocycles. The monoisotopic (exact) mass is 395 g/mol. The van der Waals surface area contributed by atoms with Crippen molar-refractivity contribution in [3.8, 4) is 17.4 Å². The predicted molar refractivity (Wildman–Crippen MR) is 102 cm³/mol. The van der Waals surface area contributed by atoms with Crippen LogP contribution in [0.2, 0.25) is 0 Å². The van der Waals surface area contributed by atoms with Gasteiger partial charge in [-0.15, -0.1) is 5.10 Å².